The third kappa shape index (κ3) is 6.14. The SMILES string of the molecule is Cc1ccc(C)c(C(C)NC(=O)c2ccccc2SCC(=O)NC(C)C)c1. The quantitative estimate of drug-likeness (QED) is 0.695. The summed E-state index contributed by atoms with van der Waals surface area (Å²) in [4.78, 5) is 25.6. The summed E-state index contributed by atoms with van der Waals surface area (Å²) in [6, 6.07) is 13.7. The zero-order valence-corrected chi connectivity index (χ0v) is 17.4. The van der Waals surface area contributed by atoms with Crippen LogP contribution in [0.2, 0.25) is 0 Å². The summed E-state index contributed by atoms with van der Waals surface area (Å²) in [6.07, 6.45) is 0. The average molecular weight is 385 g/mol. The van der Waals surface area contributed by atoms with Crippen molar-refractivity contribution in [2.45, 2.75) is 51.6 Å². The standard InChI is InChI=1S/C22H28N2O2S/c1-14(2)23-21(25)13-27-20-9-7-6-8-18(20)22(26)24-17(5)19-12-15(3)10-11-16(19)4/h6-12,14,17H,13H2,1-5H3,(H,23,25)(H,24,26). The fourth-order valence-corrected chi connectivity index (χ4v) is 3.73. The number of hydrogen-bond donors (Lipinski definition) is 2. The molecule has 1 atom stereocenters. The fourth-order valence-electron chi connectivity index (χ4n) is 2.87. The monoisotopic (exact) mass is 384 g/mol. The van der Waals surface area contributed by atoms with Gasteiger partial charge in [0.1, 0.15) is 0 Å². The molecule has 2 amide bonds. The van der Waals surface area contributed by atoms with E-state index in [1.54, 1.807) is 6.07 Å². The first-order valence-electron chi connectivity index (χ1n) is 9.17. The second kappa shape index (κ2) is 9.60. The van der Waals surface area contributed by atoms with Gasteiger partial charge < -0.3 is 10.6 Å². The van der Waals surface area contributed by atoms with Crippen molar-refractivity contribution in [2.24, 2.45) is 0 Å². The van der Waals surface area contributed by atoms with Crippen molar-refractivity contribution in [3.63, 3.8) is 0 Å². The number of carbonyl (C=O) groups excluding carboxylic acids is 2. The first-order chi connectivity index (χ1) is 12.8. The van der Waals surface area contributed by atoms with E-state index in [0.29, 0.717) is 5.56 Å². The molecule has 5 heteroatoms. The van der Waals surface area contributed by atoms with Crippen LogP contribution in [0.5, 0.6) is 0 Å². The molecule has 0 saturated carbocycles. The third-order valence-corrected chi connectivity index (χ3v) is 5.26. The molecule has 0 bridgehead atoms. The summed E-state index contributed by atoms with van der Waals surface area (Å²) in [6.45, 7) is 9.95. The summed E-state index contributed by atoms with van der Waals surface area (Å²) < 4.78 is 0. The van der Waals surface area contributed by atoms with Crippen LogP contribution < -0.4 is 10.6 Å². The molecule has 0 radical (unpaired) electrons. The molecule has 0 saturated heterocycles. The van der Waals surface area contributed by atoms with E-state index >= 15 is 0 Å². The second-order valence-electron chi connectivity index (χ2n) is 7.06. The zero-order chi connectivity index (χ0) is 20.0. The van der Waals surface area contributed by atoms with Crippen LogP contribution in [0.3, 0.4) is 0 Å². The van der Waals surface area contributed by atoms with Crippen LogP contribution in [0.25, 0.3) is 0 Å². The van der Waals surface area contributed by atoms with Gasteiger partial charge in [-0.05, 0) is 57.9 Å². The van der Waals surface area contributed by atoms with E-state index in [9.17, 15) is 9.59 Å². The van der Waals surface area contributed by atoms with E-state index < -0.39 is 0 Å². The Morgan fingerprint density at radius 3 is 2.41 bits per heavy atom. The van der Waals surface area contributed by atoms with Crippen molar-refractivity contribution in [2.75, 3.05) is 5.75 Å². The highest BCUT2D eigenvalue weighted by Crippen LogP contribution is 2.24. The Labute approximate surface area is 166 Å². The number of rotatable bonds is 7. The molecule has 0 fully saturated rings. The highest BCUT2D eigenvalue weighted by atomic mass is 32.2. The Hall–Kier alpha value is -2.27. The van der Waals surface area contributed by atoms with Crippen LogP contribution in [0.15, 0.2) is 47.4 Å². The van der Waals surface area contributed by atoms with E-state index in [1.165, 1.54) is 17.3 Å². The first-order valence-corrected chi connectivity index (χ1v) is 10.2. The summed E-state index contributed by atoms with van der Waals surface area (Å²) in [5.74, 6) is 0.124. The molecule has 2 rings (SSSR count). The molecule has 2 aromatic rings. The fraction of sp³-hybridized carbons (Fsp3) is 0.364. The molecule has 0 aliphatic carbocycles. The van der Waals surface area contributed by atoms with Gasteiger partial charge >= 0.3 is 0 Å². The number of amides is 2. The van der Waals surface area contributed by atoms with Gasteiger partial charge in [0.2, 0.25) is 5.91 Å². The Morgan fingerprint density at radius 2 is 1.70 bits per heavy atom. The van der Waals surface area contributed by atoms with Crippen LogP contribution in [0.1, 0.15) is 53.9 Å². The lowest BCUT2D eigenvalue weighted by Crippen LogP contribution is -2.31. The molecule has 0 heterocycles. The van der Waals surface area contributed by atoms with Crippen LogP contribution in [0.4, 0.5) is 0 Å². The van der Waals surface area contributed by atoms with Gasteiger partial charge in [0.15, 0.2) is 0 Å². The number of thioether (sulfide) groups is 1. The molecule has 27 heavy (non-hydrogen) atoms. The Morgan fingerprint density at radius 1 is 1.00 bits per heavy atom. The highest BCUT2D eigenvalue weighted by Gasteiger charge is 2.17. The van der Waals surface area contributed by atoms with E-state index in [-0.39, 0.29) is 29.7 Å². The normalized spacial score (nSPS) is 11.9. The van der Waals surface area contributed by atoms with Crippen molar-refractivity contribution in [1.29, 1.82) is 0 Å². The maximum Gasteiger partial charge on any atom is 0.252 e. The molecule has 2 N–H and O–H groups in total. The van der Waals surface area contributed by atoms with Crippen LogP contribution >= 0.6 is 11.8 Å². The van der Waals surface area contributed by atoms with E-state index in [2.05, 4.69) is 35.8 Å². The Balaban J connectivity index is 2.10. The van der Waals surface area contributed by atoms with Gasteiger partial charge in [0.25, 0.3) is 5.91 Å². The van der Waals surface area contributed by atoms with Gasteiger partial charge in [0, 0.05) is 10.9 Å². The van der Waals surface area contributed by atoms with Crippen LogP contribution in [-0.4, -0.2) is 23.6 Å². The predicted molar refractivity (Wildman–Crippen MR) is 112 cm³/mol. The lowest BCUT2D eigenvalue weighted by molar-refractivity contribution is -0.119. The maximum atomic E-state index is 12.8. The minimum Gasteiger partial charge on any atom is -0.353 e. The van der Waals surface area contributed by atoms with Crippen molar-refractivity contribution in [3.8, 4) is 0 Å². The Bertz CT molecular complexity index is 818. The molecular weight excluding hydrogens is 356 g/mol. The molecule has 0 aromatic heterocycles. The number of aryl methyl sites for hydroxylation is 2. The number of hydrogen-bond acceptors (Lipinski definition) is 3. The zero-order valence-electron chi connectivity index (χ0n) is 16.6. The van der Waals surface area contributed by atoms with Gasteiger partial charge in [-0.15, -0.1) is 11.8 Å². The van der Waals surface area contributed by atoms with Crippen LogP contribution in [-0.2, 0) is 4.79 Å². The molecule has 144 valence electrons. The van der Waals surface area contributed by atoms with E-state index in [0.717, 1.165) is 16.0 Å². The second-order valence-corrected chi connectivity index (χ2v) is 8.08. The smallest absolute Gasteiger partial charge is 0.252 e. The largest absolute Gasteiger partial charge is 0.353 e. The van der Waals surface area contributed by atoms with Gasteiger partial charge in [-0.25, -0.2) is 0 Å². The summed E-state index contributed by atoms with van der Waals surface area (Å²) >= 11 is 1.38. The first kappa shape index (κ1) is 21.0. The Kier molecular flexibility index (Phi) is 7.48. The lowest BCUT2D eigenvalue weighted by atomic mass is 10.00. The summed E-state index contributed by atoms with van der Waals surface area (Å²) in [5.41, 5.74) is 4.03. The minimum atomic E-state index is -0.129. The number of nitrogens with one attached hydrogen (secondary N) is 2. The molecule has 2 aromatic carbocycles. The third-order valence-electron chi connectivity index (χ3n) is 4.19. The van der Waals surface area contributed by atoms with Crippen molar-refractivity contribution < 1.29 is 9.59 Å². The van der Waals surface area contributed by atoms with Crippen molar-refractivity contribution in [1.82, 2.24) is 10.6 Å². The topological polar surface area (TPSA) is 58.2 Å². The molecule has 0 aliphatic rings. The minimum absolute atomic E-state index is 0.0334. The van der Waals surface area contributed by atoms with Crippen molar-refractivity contribution in [3.05, 3.63) is 64.7 Å². The lowest BCUT2D eigenvalue weighted by Gasteiger charge is -2.18. The van der Waals surface area contributed by atoms with Crippen molar-refractivity contribution >= 4 is 23.6 Å². The maximum absolute atomic E-state index is 12.8. The van der Waals surface area contributed by atoms with E-state index in [1.807, 2.05) is 45.9 Å². The van der Waals surface area contributed by atoms with Gasteiger partial charge in [-0.1, -0.05) is 35.9 Å². The molecule has 0 spiro atoms. The van der Waals surface area contributed by atoms with Gasteiger partial charge in [-0.3, -0.25) is 9.59 Å². The molecule has 1 unspecified atom stereocenters. The molecule has 0 aliphatic heterocycles. The number of carbonyl (C=O) groups is 2. The van der Waals surface area contributed by atoms with Gasteiger partial charge in [0.05, 0.1) is 17.4 Å². The average Bonchev–Trinajstić information content (AvgIpc) is 2.61. The predicted octanol–water partition coefficient (Wildman–Crippen LogP) is 4.41. The molecule has 4 nitrogen and oxygen atoms in total. The highest BCUT2D eigenvalue weighted by molar-refractivity contribution is 8.00. The summed E-state index contributed by atoms with van der Waals surface area (Å²) in [7, 11) is 0. The van der Waals surface area contributed by atoms with Gasteiger partial charge in [-0.2, -0.15) is 0 Å². The summed E-state index contributed by atoms with van der Waals surface area (Å²) in [5, 5.41) is 5.95. The number of benzene rings is 2. The molecular formula is C22H28N2O2S. The van der Waals surface area contributed by atoms with Crippen LogP contribution in [0, 0.1) is 13.8 Å². The van der Waals surface area contributed by atoms with E-state index in [4.69, 9.17) is 0 Å².